The predicted octanol–water partition coefficient (Wildman–Crippen LogP) is 3.58. The Morgan fingerprint density at radius 2 is 1.74 bits per heavy atom. The Bertz CT molecular complexity index is 1390. The number of likely N-dealkylation sites (tertiary alicyclic amines) is 1. The van der Waals surface area contributed by atoms with Crippen molar-refractivity contribution in [2.24, 2.45) is 0 Å². The molecule has 0 aliphatic carbocycles. The number of nitrogens with zero attached hydrogens (tertiary/aromatic N) is 6. The van der Waals surface area contributed by atoms with E-state index in [-0.39, 0.29) is 17.2 Å². The number of carbonyl (C=O) groups excluding carboxylic acids is 2. The normalized spacial score (nSPS) is 20.1. The zero-order valence-electron chi connectivity index (χ0n) is 22.7. The Morgan fingerprint density at radius 1 is 1.03 bits per heavy atom. The smallest absolute Gasteiger partial charge is 0.254 e. The van der Waals surface area contributed by atoms with Crippen LogP contribution < -0.4 is 9.64 Å². The number of pyridine rings is 1. The van der Waals surface area contributed by atoms with E-state index >= 15 is 0 Å². The van der Waals surface area contributed by atoms with E-state index in [1.165, 1.54) is 0 Å². The molecule has 1 amide bonds. The van der Waals surface area contributed by atoms with E-state index in [1.807, 2.05) is 62.2 Å². The summed E-state index contributed by atoms with van der Waals surface area (Å²) in [5.74, 6) is 1.45. The molecule has 1 spiro atoms. The van der Waals surface area contributed by atoms with Gasteiger partial charge in [-0.25, -0.2) is 4.98 Å². The Balaban J connectivity index is 1.23. The Labute approximate surface area is 223 Å². The monoisotopic (exact) mass is 516 g/mol. The van der Waals surface area contributed by atoms with Gasteiger partial charge in [0.25, 0.3) is 5.91 Å². The second-order valence-corrected chi connectivity index (χ2v) is 12.0. The van der Waals surface area contributed by atoms with Crippen molar-refractivity contribution < 1.29 is 14.3 Å². The third-order valence-corrected chi connectivity index (χ3v) is 8.16. The summed E-state index contributed by atoms with van der Waals surface area (Å²) < 4.78 is 8.26. The van der Waals surface area contributed by atoms with Gasteiger partial charge in [-0.05, 0) is 40.0 Å². The number of rotatable bonds is 2. The summed E-state index contributed by atoms with van der Waals surface area (Å²) in [6, 6.07) is 9.85. The first-order valence-corrected chi connectivity index (χ1v) is 13.6. The molecule has 9 heteroatoms. The average Bonchev–Trinajstić information content (AvgIpc) is 3.34. The van der Waals surface area contributed by atoms with E-state index in [1.54, 1.807) is 4.68 Å². The van der Waals surface area contributed by atoms with Crippen LogP contribution in [-0.4, -0.2) is 88.2 Å². The van der Waals surface area contributed by atoms with Crippen molar-refractivity contribution in [2.45, 2.75) is 51.2 Å². The van der Waals surface area contributed by atoms with Crippen LogP contribution in [0, 0.1) is 0 Å². The molecule has 0 bridgehead atoms. The van der Waals surface area contributed by atoms with Crippen LogP contribution in [0.25, 0.3) is 10.9 Å². The zero-order valence-corrected chi connectivity index (χ0v) is 22.7. The highest BCUT2D eigenvalue weighted by molar-refractivity contribution is 6.07. The van der Waals surface area contributed by atoms with Crippen LogP contribution >= 0.6 is 0 Å². The van der Waals surface area contributed by atoms with Gasteiger partial charge in [-0.1, -0.05) is 18.2 Å². The van der Waals surface area contributed by atoms with Crippen LogP contribution in [0.3, 0.4) is 0 Å². The lowest BCUT2D eigenvalue weighted by Crippen LogP contribution is -2.52. The molecule has 38 heavy (non-hydrogen) atoms. The van der Waals surface area contributed by atoms with Gasteiger partial charge in [0.2, 0.25) is 0 Å². The van der Waals surface area contributed by atoms with Gasteiger partial charge in [-0.2, -0.15) is 5.10 Å². The highest BCUT2D eigenvalue weighted by atomic mass is 16.5. The van der Waals surface area contributed by atoms with Crippen molar-refractivity contribution in [2.75, 3.05) is 51.2 Å². The second kappa shape index (κ2) is 9.08. The summed E-state index contributed by atoms with van der Waals surface area (Å²) in [5.41, 5.74) is 1.13. The first-order valence-electron chi connectivity index (χ1n) is 13.6. The largest absolute Gasteiger partial charge is 0.483 e. The zero-order chi connectivity index (χ0) is 26.7. The minimum absolute atomic E-state index is 0.0113. The quantitative estimate of drug-likeness (QED) is 0.515. The van der Waals surface area contributed by atoms with Gasteiger partial charge >= 0.3 is 0 Å². The molecular formula is C29H36N6O3. The number of aromatic nitrogens is 3. The molecule has 6 rings (SSSR count). The summed E-state index contributed by atoms with van der Waals surface area (Å²) in [6.07, 6.45) is 3.36. The lowest BCUT2D eigenvalue weighted by molar-refractivity contribution is -0.00581. The molecule has 200 valence electrons. The van der Waals surface area contributed by atoms with E-state index in [9.17, 15) is 9.59 Å². The molecule has 0 N–H and O–H groups in total. The minimum atomic E-state index is -0.585. The van der Waals surface area contributed by atoms with Crippen LogP contribution in [0.5, 0.6) is 5.75 Å². The molecule has 3 aliphatic heterocycles. The van der Waals surface area contributed by atoms with Crippen molar-refractivity contribution >= 4 is 28.4 Å². The number of carbonyl (C=O) groups is 2. The van der Waals surface area contributed by atoms with E-state index < -0.39 is 5.60 Å². The SMILES string of the molecule is CN1CCN(c2cc(C(=O)N3CCC4(CC3)CC(=O)c3nn(C(C)(C)C)cc3O4)c3ccccc3n2)CC1. The lowest BCUT2D eigenvalue weighted by atomic mass is 9.83. The van der Waals surface area contributed by atoms with Crippen LogP contribution in [0.4, 0.5) is 5.82 Å². The van der Waals surface area contributed by atoms with Crippen molar-refractivity contribution in [1.29, 1.82) is 0 Å². The fraction of sp³-hybridized carbons (Fsp3) is 0.517. The molecule has 3 aliphatic rings. The van der Waals surface area contributed by atoms with Crippen LogP contribution in [-0.2, 0) is 5.54 Å². The van der Waals surface area contributed by atoms with Gasteiger partial charge in [0.05, 0.1) is 29.2 Å². The number of amides is 1. The fourth-order valence-corrected chi connectivity index (χ4v) is 5.72. The molecule has 0 unspecified atom stereocenters. The summed E-state index contributed by atoms with van der Waals surface area (Å²) in [6.45, 7) is 10.9. The molecule has 0 atom stereocenters. The number of likely N-dealkylation sites (N-methyl/N-ethyl adjacent to an activating group) is 1. The first-order chi connectivity index (χ1) is 18.1. The van der Waals surface area contributed by atoms with Gasteiger partial charge in [0.15, 0.2) is 17.2 Å². The number of para-hydroxylation sites is 1. The van der Waals surface area contributed by atoms with Gasteiger partial charge < -0.3 is 19.4 Å². The molecule has 3 aromatic rings. The second-order valence-electron chi connectivity index (χ2n) is 12.0. The number of ketones is 1. The number of piperazine rings is 1. The molecule has 2 aromatic heterocycles. The minimum Gasteiger partial charge on any atom is -0.483 e. The van der Waals surface area contributed by atoms with Crippen molar-refractivity contribution in [3.8, 4) is 5.75 Å². The number of benzene rings is 1. The number of piperidine rings is 1. The van der Waals surface area contributed by atoms with Gasteiger partial charge in [-0.15, -0.1) is 0 Å². The maximum atomic E-state index is 13.9. The Morgan fingerprint density at radius 3 is 2.45 bits per heavy atom. The van der Waals surface area contributed by atoms with Crippen LogP contribution in [0.2, 0.25) is 0 Å². The van der Waals surface area contributed by atoms with E-state index in [4.69, 9.17) is 9.72 Å². The summed E-state index contributed by atoms with van der Waals surface area (Å²) in [5, 5.41) is 5.38. The highest BCUT2D eigenvalue weighted by Gasteiger charge is 2.45. The van der Waals surface area contributed by atoms with Crippen molar-refractivity contribution in [3.63, 3.8) is 0 Å². The molecule has 2 fully saturated rings. The third kappa shape index (κ3) is 4.42. The lowest BCUT2D eigenvalue weighted by Gasteiger charge is -2.43. The maximum Gasteiger partial charge on any atom is 0.254 e. The number of anilines is 1. The summed E-state index contributed by atoms with van der Waals surface area (Å²) >= 11 is 0. The maximum absolute atomic E-state index is 13.9. The van der Waals surface area contributed by atoms with Gasteiger partial charge in [0.1, 0.15) is 11.4 Å². The molecule has 5 heterocycles. The predicted molar refractivity (Wildman–Crippen MR) is 146 cm³/mol. The summed E-state index contributed by atoms with van der Waals surface area (Å²) in [7, 11) is 2.13. The van der Waals surface area contributed by atoms with Crippen molar-refractivity contribution in [3.05, 3.63) is 47.8 Å². The number of Topliss-reactive ketones (excluding diaryl/α,β-unsaturated/α-hetero) is 1. The molecule has 0 saturated carbocycles. The number of ether oxygens (including phenoxy) is 1. The van der Waals surface area contributed by atoms with Gasteiger partial charge in [0, 0.05) is 57.5 Å². The van der Waals surface area contributed by atoms with Crippen molar-refractivity contribution in [1.82, 2.24) is 24.6 Å². The summed E-state index contributed by atoms with van der Waals surface area (Å²) in [4.78, 5) is 38.3. The molecule has 1 aromatic carbocycles. The molecule has 9 nitrogen and oxygen atoms in total. The topological polar surface area (TPSA) is 83.8 Å². The first kappa shape index (κ1) is 24.9. The molecule has 0 radical (unpaired) electrons. The molecular weight excluding hydrogens is 480 g/mol. The van der Waals surface area contributed by atoms with E-state index in [0.29, 0.717) is 49.4 Å². The van der Waals surface area contributed by atoms with Crippen LogP contribution in [0.1, 0.15) is 60.9 Å². The Hall–Kier alpha value is -3.46. The molecule has 2 saturated heterocycles. The van der Waals surface area contributed by atoms with E-state index in [2.05, 4.69) is 21.9 Å². The standard InChI is InChI=1S/C29H36N6O3/c1-28(2,3)35-19-24-26(31-35)23(36)18-29(38-24)9-11-34(12-10-29)27(37)21-17-25(33-15-13-32(4)14-16-33)30-22-8-6-5-7-20(21)22/h5-8,17,19H,9-16,18H2,1-4H3. The van der Waals surface area contributed by atoms with E-state index in [0.717, 1.165) is 42.9 Å². The fourth-order valence-electron chi connectivity index (χ4n) is 5.72. The van der Waals surface area contributed by atoms with Crippen LogP contribution in [0.15, 0.2) is 36.5 Å². The van der Waals surface area contributed by atoms with Gasteiger partial charge in [-0.3, -0.25) is 14.3 Å². The number of hydrogen-bond donors (Lipinski definition) is 0. The highest BCUT2D eigenvalue weighted by Crippen LogP contribution is 2.40. The Kier molecular flexibility index (Phi) is 5.94. The third-order valence-electron chi connectivity index (χ3n) is 8.16. The number of hydrogen-bond acceptors (Lipinski definition) is 7. The number of fused-ring (bicyclic) bond motifs is 2. The average molecular weight is 517 g/mol.